The highest BCUT2D eigenvalue weighted by atomic mass is 32.2. The van der Waals surface area contributed by atoms with E-state index in [2.05, 4.69) is 0 Å². The number of carboxylic acid groups (broad SMARTS) is 1. The molecule has 1 heterocycles. The topological polar surface area (TPSA) is 87.0 Å². The second-order valence-electron chi connectivity index (χ2n) is 8.31. The lowest BCUT2D eigenvalue weighted by Gasteiger charge is -2.33. The lowest BCUT2D eigenvalue weighted by Crippen LogP contribution is -2.27. The molecule has 1 unspecified atom stereocenters. The maximum atomic E-state index is 11.0. The Balaban J connectivity index is 1.47. The van der Waals surface area contributed by atoms with Gasteiger partial charge in [-0.3, -0.25) is 4.79 Å². The Morgan fingerprint density at radius 1 is 1.31 bits per heavy atom. The molecule has 5 nitrogen and oxygen atoms in total. The lowest BCUT2D eigenvalue weighted by molar-refractivity contribution is -0.141. The van der Waals surface area contributed by atoms with Crippen LogP contribution in [0.3, 0.4) is 0 Å². The molecular weight excluding hydrogens is 388 g/mol. The van der Waals surface area contributed by atoms with Crippen molar-refractivity contribution in [2.75, 3.05) is 6.61 Å². The van der Waals surface area contributed by atoms with Gasteiger partial charge in [0, 0.05) is 16.4 Å². The fraction of sp³-hybridized carbons (Fsp3) is 0.609. The molecule has 1 aromatic carbocycles. The molecule has 1 saturated carbocycles. The maximum absolute atomic E-state index is 11.0. The summed E-state index contributed by atoms with van der Waals surface area (Å²) in [6.07, 6.45) is 7.16. The number of hydrogen-bond acceptors (Lipinski definition) is 5. The van der Waals surface area contributed by atoms with Gasteiger partial charge >= 0.3 is 5.97 Å². The number of fused-ring (bicyclic) bond motifs is 1. The first kappa shape index (κ1) is 22.2. The van der Waals surface area contributed by atoms with Gasteiger partial charge < -0.3 is 20.1 Å². The molecule has 2 aliphatic rings. The Morgan fingerprint density at radius 3 is 2.79 bits per heavy atom. The zero-order valence-electron chi connectivity index (χ0n) is 16.9. The lowest BCUT2D eigenvalue weighted by atomic mass is 9.88. The van der Waals surface area contributed by atoms with E-state index in [-0.39, 0.29) is 24.5 Å². The van der Waals surface area contributed by atoms with Gasteiger partial charge in [0.05, 0.1) is 12.0 Å². The van der Waals surface area contributed by atoms with Crippen molar-refractivity contribution in [3.63, 3.8) is 0 Å². The Kier molecular flexibility index (Phi) is 8.04. The van der Waals surface area contributed by atoms with Crippen molar-refractivity contribution >= 4 is 17.7 Å². The van der Waals surface area contributed by atoms with Gasteiger partial charge in [-0.1, -0.05) is 37.3 Å². The molecule has 1 aromatic rings. The summed E-state index contributed by atoms with van der Waals surface area (Å²) in [7, 11) is 0. The SMILES string of the molecule is CC(CC[C@@H]1CC[C@@H]2[C@@H](/C=C/[C@@H](O)COc3ccccc3)[C@H](O)C[C@@H]2S1)C(=O)O. The number of aliphatic hydroxyl groups excluding tert-OH is 2. The molecule has 3 rings (SSSR count). The summed E-state index contributed by atoms with van der Waals surface area (Å²) in [4.78, 5) is 11.0. The molecule has 3 N–H and O–H groups in total. The standard InChI is InChI=1S/C23H32O5S/c1-15(23(26)27)7-9-18-10-12-20-19(21(25)13-22(20)29-18)11-8-16(24)14-28-17-5-3-2-4-6-17/h2-6,8,11,15-16,18-22,24-25H,7,9-10,12-14H2,1H3,(H,26,27)/b11-8+/t15?,16-,18-,19-,20-,21-,22+/m1/s1. The summed E-state index contributed by atoms with van der Waals surface area (Å²) in [5.74, 6) is 0.199. The van der Waals surface area contributed by atoms with E-state index >= 15 is 0 Å². The van der Waals surface area contributed by atoms with Crippen molar-refractivity contribution < 1.29 is 24.9 Å². The van der Waals surface area contributed by atoms with E-state index in [4.69, 9.17) is 9.84 Å². The first-order valence-electron chi connectivity index (χ1n) is 10.5. The fourth-order valence-corrected chi connectivity index (χ4v) is 6.25. The number of rotatable bonds is 9. The second kappa shape index (κ2) is 10.5. The monoisotopic (exact) mass is 420 g/mol. The van der Waals surface area contributed by atoms with E-state index in [9.17, 15) is 15.0 Å². The average Bonchev–Trinajstić information content (AvgIpc) is 3.03. The van der Waals surface area contributed by atoms with Gasteiger partial charge in [-0.25, -0.2) is 0 Å². The summed E-state index contributed by atoms with van der Waals surface area (Å²) >= 11 is 1.93. The van der Waals surface area contributed by atoms with E-state index in [0.29, 0.717) is 22.8 Å². The van der Waals surface area contributed by atoms with Crippen LogP contribution >= 0.6 is 11.8 Å². The van der Waals surface area contributed by atoms with Crippen molar-refractivity contribution in [2.24, 2.45) is 17.8 Å². The summed E-state index contributed by atoms with van der Waals surface area (Å²) in [5, 5.41) is 30.7. The number of benzene rings is 1. The van der Waals surface area contributed by atoms with Crippen LogP contribution in [0, 0.1) is 17.8 Å². The number of ether oxygens (including phenoxy) is 1. The predicted molar refractivity (Wildman–Crippen MR) is 115 cm³/mol. The zero-order valence-corrected chi connectivity index (χ0v) is 17.7. The Hall–Kier alpha value is -1.50. The Labute approximate surface area is 177 Å². The molecule has 29 heavy (non-hydrogen) atoms. The molecule has 7 atom stereocenters. The van der Waals surface area contributed by atoms with Crippen LogP contribution in [0.5, 0.6) is 5.75 Å². The zero-order chi connectivity index (χ0) is 20.8. The number of carbonyl (C=O) groups is 1. The second-order valence-corrected chi connectivity index (χ2v) is 9.86. The van der Waals surface area contributed by atoms with E-state index < -0.39 is 12.1 Å². The predicted octanol–water partition coefficient (Wildman–Crippen LogP) is 3.74. The van der Waals surface area contributed by atoms with Crippen LogP contribution in [-0.2, 0) is 4.79 Å². The molecule has 0 radical (unpaired) electrons. The van der Waals surface area contributed by atoms with E-state index in [1.54, 1.807) is 13.0 Å². The molecule has 160 valence electrons. The maximum Gasteiger partial charge on any atom is 0.306 e. The third kappa shape index (κ3) is 6.24. The summed E-state index contributed by atoms with van der Waals surface area (Å²) in [6.45, 7) is 1.96. The normalized spacial score (nSPS) is 31.3. The van der Waals surface area contributed by atoms with Crippen molar-refractivity contribution in [1.29, 1.82) is 0 Å². The minimum Gasteiger partial charge on any atom is -0.491 e. The minimum atomic E-state index is -0.722. The minimum absolute atomic E-state index is 0.0674. The summed E-state index contributed by atoms with van der Waals surface area (Å²) in [5.41, 5.74) is 0. The fourth-order valence-electron chi connectivity index (χ4n) is 4.38. The van der Waals surface area contributed by atoms with Gasteiger partial charge in [-0.2, -0.15) is 11.8 Å². The highest BCUT2D eigenvalue weighted by Crippen LogP contribution is 2.49. The van der Waals surface area contributed by atoms with E-state index in [1.807, 2.05) is 48.2 Å². The van der Waals surface area contributed by atoms with Crippen LogP contribution in [0.25, 0.3) is 0 Å². The smallest absolute Gasteiger partial charge is 0.306 e. The molecule has 6 heteroatoms. The molecule has 0 aromatic heterocycles. The highest BCUT2D eigenvalue weighted by molar-refractivity contribution is 8.00. The largest absolute Gasteiger partial charge is 0.491 e. The molecule has 1 saturated heterocycles. The number of aliphatic carboxylic acids is 1. The number of para-hydroxylation sites is 1. The Morgan fingerprint density at radius 2 is 2.07 bits per heavy atom. The van der Waals surface area contributed by atoms with Crippen LogP contribution in [0.1, 0.15) is 39.0 Å². The van der Waals surface area contributed by atoms with Crippen LogP contribution in [0.15, 0.2) is 42.5 Å². The van der Waals surface area contributed by atoms with Gasteiger partial charge in [0.2, 0.25) is 0 Å². The third-order valence-electron chi connectivity index (χ3n) is 6.14. The summed E-state index contributed by atoms with van der Waals surface area (Å²) < 4.78 is 5.58. The number of hydrogen-bond donors (Lipinski definition) is 3. The molecule has 0 spiro atoms. The van der Waals surface area contributed by atoms with Crippen LogP contribution in [-0.4, -0.2) is 50.6 Å². The van der Waals surface area contributed by atoms with Crippen LogP contribution in [0.4, 0.5) is 0 Å². The number of carboxylic acids is 1. The van der Waals surface area contributed by atoms with Crippen LogP contribution < -0.4 is 4.74 Å². The van der Waals surface area contributed by atoms with Crippen molar-refractivity contribution in [3.8, 4) is 5.75 Å². The average molecular weight is 421 g/mol. The summed E-state index contributed by atoms with van der Waals surface area (Å²) in [6, 6.07) is 9.41. The molecule has 0 bridgehead atoms. The van der Waals surface area contributed by atoms with Crippen molar-refractivity contribution in [2.45, 2.75) is 61.7 Å². The molecule has 1 aliphatic heterocycles. The molecular formula is C23H32O5S. The number of thioether (sulfide) groups is 1. The van der Waals surface area contributed by atoms with Gasteiger partial charge in [0.25, 0.3) is 0 Å². The van der Waals surface area contributed by atoms with E-state index in [1.165, 1.54) is 0 Å². The van der Waals surface area contributed by atoms with Gasteiger partial charge in [-0.05, 0) is 50.2 Å². The molecule has 2 fully saturated rings. The highest BCUT2D eigenvalue weighted by Gasteiger charge is 2.44. The van der Waals surface area contributed by atoms with Crippen LogP contribution in [0.2, 0.25) is 0 Å². The van der Waals surface area contributed by atoms with Gasteiger partial charge in [0.1, 0.15) is 18.5 Å². The Bertz CT molecular complexity index is 679. The van der Waals surface area contributed by atoms with Gasteiger partial charge in [-0.15, -0.1) is 0 Å². The third-order valence-corrected chi connectivity index (χ3v) is 7.89. The quantitative estimate of drug-likeness (QED) is 0.528. The first-order valence-corrected chi connectivity index (χ1v) is 11.5. The van der Waals surface area contributed by atoms with Gasteiger partial charge in [0.15, 0.2) is 0 Å². The van der Waals surface area contributed by atoms with Crippen molar-refractivity contribution in [3.05, 3.63) is 42.5 Å². The van der Waals surface area contributed by atoms with Crippen molar-refractivity contribution in [1.82, 2.24) is 0 Å². The number of aliphatic hydroxyl groups is 2. The van der Waals surface area contributed by atoms with E-state index in [0.717, 1.165) is 31.4 Å². The molecule has 0 amide bonds. The molecule has 1 aliphatic carbocycles. The first-order chi connectivity index (χ1) is 13.9.